The first-order valence-corrected chi connectivity index (χ1v) is 9.18. The van der Waals surface area contributed by atoms with Crippen LogP contribution < -0.4 is 5.32 Å². The summed E-state index contributed by atoms with van der Waals surface area (Å²) in [5.41, 5.74) is 3.29. The van der Waals surface area contributed by atoms with Crippen LogP contribution in [0, 0.1) is 0 Å². The Morgan fingerprint density at radius 2 is 2.15 bits per heavy atom. The third-order valence-electron chi connectivity index (χ3n) is 5.22. The Morgan fingerprint density at radius 1 is 1.31 bits per heavy atom. The molecule has 2 aromatic rings. The number of hydrogen-bond acceptors (Lipinski definition) is 4. The zero-order valence-electron chi connectivity index (χ0n) is 15.0. The SMILES string of the molecule is COCC1(CNC(=O)c2cccnc2C2CC2)OCCc2ccccc21. The molecule has 26 heavy (non-hydrogen) atoms. The number of carbonyl (C=O) groups excluding carboxylic acids is 1. The molecule has 1 fully saturated rings. The number of amides is 1. The van der Waals surface area contributed by atoms with E-state index in [9.17, 15) is 4.79 Å². The highest BCUT2D eigenvalue weighted by Gasteiger charge is 2.39. The van der Waals surface area contributed by atoms with Crippen molar-refractivity contribution in [3.8, 4) is 0 Å². The maximum Gasteiger partial charge on any atom is 0.253 e. The van der Waals surface area contributed by atoms with Crippen LogP contribution in [0.4, 0.5) is 0 Å². The number of aromatic nitrogens is 1. The minimum Gasteiger partial charge on any atom is -0.381 e. The van der Waals surface area contributed by atoms with Gasteiger partial charge in [0.2, 0.25) is 0 Å². The van der Waals surface area contributed by atoms with Gasteiger partial charge in [0.15, 0.2) is 0 Å². The maximum absolute atomic E-state index is 12.9. The van der Waals surface area contributed by atoms with Crippen molar-refractivity contribution in [1.82, 2.24) is 10.3 Å². The van der Waals surface area contributed by atoms with Gasteiger partial charge in [-0.05, 0) is 42.5 Å². The van der Waals surface area contributed by atoms with Gasteiger partial charge in [-0.25, -0.2) is 0 Å². The highest BCUT2D eigenvalue weighted by molar-refractivity contribution is 5.95. The molecule has 1 saturated carbocycles. The third kappa shape index (κ3) is 3.24. The quantitative estimate of drug-likeness (QED) is 0.868. The van der Waals surface area contributed by atoms with E-state index in [4.69, 9.17) is 9.47 Å². The smallest absolute Gasteiger partial charge is 0.253 e. The molecule has 136 valence electrons. The lowest BCUT2D eigenvalue weighted by atomic mass is 9.86. The molecule has 5 heteroatoms. The molecule has 2 heterocycles. The van der Waals surface area contributed by atoms with Crippen LogP contribution in [0.25, 0.3) is 0 Å². The molecule has 0 bridgehead atoms. The van der Waals surface area contributed by atoms with Gasteiger partial charge in [-0.3, -0.25) is 9.78 Å². The highest BCUT2D eigenvalue weighted by atomic mass is 16.5. The van der Waals surface area contributed by atoms with E-state index in [1.54, 1.807) is 13.3 Å². The first-order chi connectivity index (χ1) is 12.7. The number of nitrogens with one attached hydrogen (secondary N) is 1. The number of fused-ring (bicyclic) bond motifs is 1. The summed E-state index contributed by atoms with van der Waals surface area (Å²) in [6, 6.07) is 11.9. The lowest BCUT2D eigenvalue weighted by Gasteiger charge is -2.38. The molecular weight excluding hydrogens is 328 g/mol. The summed E-state index contributed by atoms with van der Waals surface area (Å²) in [4.78, 5) is 17.3. The summed E-state index contributed by atoms with van der Waals surface area (Å²) in [7, 11) is 1.66. The second kappa shape index (κ2) is 7.17. The van der Waals surface area contributed by atoms with Crippen LogP contribution in [-0.4, -0.2) is 37.8 Å². The normalized spacial score (nSPS) is 21.9. The topological polar surface area (TPSA) is 60.5 Å². The summed E-state index contributed by atoms with van der Waals surface area (Å²) >= 11 is 0. The average molecular weight is 352 g/mol. The molecule has 0 spiro atoms. The molecule has 1 aromatic heterocycles. The van der Waals surface area contributed by atoms with Crippen LogP contribution in [0.2, 0.25) is 0 Å². The molecule has 0 radical (unpaired) electrons. The van der Waals surface area contributed by atoms with Crippen LogP contribution in [0.15, 0.2) is 42.6 Å². The minimum atomic E-state index is -0.652. The zero-order valence-corrected chi connectivity index (χ0v) is 15.0. The van der Waals surface area contributed by atoms with Crippen LogP contribution >= 0.6 is 0 Å². The van der Waals surface area contributed by atoms with Gasteiger partial charge in [-0.15, -0.1) is 0 Å². The van der Waals surface area contributed by atoms with Crippen molar-refractivity contribution in [3.63, 3.8) is 0 Å². The summed E-state index contributed by atoms with van der Waals surface area (Å²) < 4.78 is 11.6. The molecule has 5 nitrogen and oxygen atoms in total. The Hall–Kier alpha value is -2.24. The Bertz CT molecular complexity index is 803. The predicted molar refractivity (Wildman–Crippen MR) is 98.2 cm³/mol. The fourth-order valence-electron chi connectivity index (χ4n) is 3.78. The summed E-state index contributed by atoms with van der Waals surface area (Å²) in [6.45, 7) is 1.39. The summed E-state index contributed by atoms with van der Waals surface area (Å²) in [5, 5.41) is 3.07. The monoisotopic (exact) mass is 352 g/mol. The van der Waals surface area contributed by atoms with Crippen molar-refractivity contribution in [2.45, 2.75) is 30.8 Å². The van der Waals surface area contributed by atoms with Gasteiger partial charge in [-0.2, -0.15) is 0 Å². The summed E-state index contributed by atoms with van der Waals surface area (Å²) in [6.07, 6.45) is 4.87. The minimum absolute atomic E-state index is 0.0952. The van der Waals surface area contributed by atoms with Gasteiger partial charge in [-0.1, -0.05) is 24.3 Å². The number of carbonyl (C=O) groups is 1. The standard InChI is InChI=1S/C21H24N2O3/c1-25-14-21(18-7-3-2-5-15(18)10-12-26-21)13-23-20(24)17-6-4-11-22-19(17)16-8-9-16/h2-7,11,16H,8-10,12-14H2,1H3,(H,23,24). The van der Waals surface area contributed by atoms with Gasteiger partial charge in [0.25, 0.3) is 5.91 Å². The van der Waals surface area contributed by atoms with E-state index in [1.165, 1.54) is 5.56 Å². The van der Waals surface area contributed by atoms with E-state index in [1.807, 2.05) is 24.3 Å². The van der Waals surface area contributed by atoms with Gasteiger partial charge in [0.1, 0.15) is 5.60 Å². The number of nitrogens with zero attached hydrogens (tertiary/aromatic N) is 1. The fourth-order valence-corrected chi connectivity index (χ4v) is 3.78. The molecule has 0 saturated heterocycles. The van der Waals surface area contributed by atoms with Crippen LogP contribution in [-0.2, 0) is 21.5 Å². The molecule has 1 aliphatic carbocycles. The molecule has 1 unspecified atom stereocenters. The van der Waals surface area contributed by atoms with Crippen molar-refractivity contribution in [2.75, 3.05) is 26.9 Å². The van der Waals surface area contributed by atoms with E-state index >= 15 is 0 Å². The molecule has 1 aliphatic heterocycles. The molecule has 1 amide bonds. The second-order valence-corrected chi connectivity index (χ2v) is 7.08. The van der Waals surface area contributed by atoms with Crippen molar-refractivity contribution in [3.05, 3.63) is 65.0 Å². The molecule has 2 aliphatic rings. The number of methoxy groups -OCH3 is 1. The van der Waals surface area contributed by atoms with E-state index in [2.05, 4.69) is 22.4 Å². The Labute approximate surface area is 153 Å². The average Bonchev–Trinajstić information content (AvgIpc) is 3.52. The maximum atomic E-state index is 12.9. The Balaban J connectivity index is 1.56. The zero-order chi connectivity index (χ0) is 18.0. The summed E-state index contributed by atoms with van der Waals surface area (Å²) in [5.74, 6) is 0.332. The number of rotatable bonds is 6. The largest absolute Gasteiger partial charge is 0.381 e. The number of pyridine rings is 1. The number of hydrogen-bond donors (Lipinski definition) is 1. The second-order valence-electron chi connectivity index (χ2n) is 7.08. The highest BCUT2D eigenvalue weighted by Crippen LogP contribution is 2.40. The van der Waals surface area contributed by atoms with E-state index < -0.39 is 5.60 Å². The molecule has 1 aromatic carbocycles. The lowest BCUT2D eigenvalue weighted by Crippen LogP contribution is -2.48. The van der Waals surface area contributed by atoms with Crippen molar-refractivity contribution >= 4 is 5.91 Å². The molecule has 1 atom stereocenters. The predicted octanol–water partition coefficient (Wildman–Crippen LogP) is 2.80. The van der Waals surface area contributed by atoms with Gasteiger partial charge >= 0.3 is 0 Å². The van der Waals surface area contributed by atoms with Gasteiger partial charge < -0.3 is 14.8 Å². The van der Waals surface area contributed by atoms with Gasteiger partial charge in [0, 0.05) is 19.2 Å². The Kier molecular flexibility index (Phi) is 4.74. The van der Waals surface area contributed by atoms with Crippen LogP contribution in [0.1, 0.15) is 45.9 Å². The molecule has 1 N–H and O–H groups in total. The van der Waals surface area contributed by atoms with Crippen LogP contribution in [0.5, 0.6) is 0 Å². The number of ether oxygens (including phenoxy) is 2. The van der Waals surface area contributed by atoms with E-state index in [0.717, 1.165) is 30.5 Å². The van der Waals surface area contributed by atoms with Crippen LogP contribution in [0.3, 0.4) is 0 Å². The van der Waals surface area contributed by atoms with E-state index in [0.29, 0.717) is 31.2 Å². The van der Waals surface area contributed by atoms with Gasteiger partial charge in [0.05, 0.1) is 31.0 Å². The first-order valence-electron chi connectivity index (χ1n) is 9.18. The van der Waals surface area contributed by atoms with E-state index in [-0.39, 0.29) is 5.91 Å². The fraction of sp³-hybridized carbons (Fsp3) is 0.429. The number of benzene rings is 1. The van der Waals surface area contributed by atoms with Crippen molar-refractivity contribution < 1.29 is 14.3 Å². The molecule has 4 rings (SSSR count). The van der Waals surface area contributed by atoms with Crippen molar-refractivity contribution in [1.29, 1.82) is 0 Å². The third-order valence-corrected chi connectivity index (χ3v) is 5.22. The van der Waals surface area contributed by atoms with Crippen molar-refractivity contribution in [2.24, 2.45) is 0 Å². The lowest BCUT2D eigenvalue weighted by molar-refractivity contribution is -0.0997. The first kappa shape index (κ1) is 17.2. The Morgan fingerprint density at radius 3 is 2.96 bits per heavy atom. The molecular formula is C21H24N2O3.